The summed E-state index contributed by atoms with van der Waals surface area (Å²) < 4.78 is 1.34. The summed E-state index contributed by atoms with van der Waals surface area (Å²) in [4.78, 5) is 12.3. The van der Waals surface area contributed by atoms with Crippen LogP contribution < -0.4 is 0 Å². The van der Waals surface area contributed by atoms with Gasteiger partial charge >= 0.3 is 0 Å². The number of carbonyl (C=O) groups is 1. The lowest BCUT2D eigenvalue weighted by atomic mass is 10.2. The second-order valence-electron chi connectivity index (χ2n) is 4.32. The summed E-state index contributed by atoms with van der Waals surface area (Å²) in [6.45, 7) is 0. The minimum atomic E-state index is -0.177. The molecule has 20 heavy (non-hydrogen) atoms. The van der Waals surface area contributed by atoms with Crippen LogP contribution in [0, 0.1) is 0 Å². The summed E-state index contributed by atoms with van der Waals surface area (Å²) in [6, 6.07) is 18.3. The second-order valence-corrected chi connectivity index (χ2v) is 4.76. The van der Waals surface area contributed by atoms with Crippen LogP contribution in [0.5, 0.6) is 0 Å². The number of nitrogens with zero attached hydrogens (tertiary/aromatic N) is 2. The van der Waals surface area contributed by atoms with E-state index in [9.17, 15) is 4.79 Å². The molecule has 0 N–H and O–H groups in total. The van der Waals surface area contributed by atoms with Crippen LogP contribution in [0.25, 0.3) is 11.3 Å². The maximum Gasteiger partial charge on any atom is 0.278 e. The van der Waals surface area contributed by atoms with Crippen molar-refractivity contribution in [3.8, 4) is 11.3 Å². The lowest BCUT2D eigenvalue weighted by Gasteiger charge is -2.01. The third-order valence-corrected chi connectivity index (χ3v) is 3.21. The standard InChI is InChI=1S/C16H11ClN2O/c17-14-8-6-13(7-9-14)16(20)19-11-10-15(18-19)12-4-2-1-3-5-12/h1-11H. The van der Waals surface area contributed by atoms with Crippen molar-refractivity contribution in [3.05, 3.63) is 77.4 Å². The van der Waals surface area contributed by atoms with E-state index >= 15 is 0 Å². The highest BCUT2D eigenvalue weighted by Crippen LogP contribution is 2.17. The van der Waals surface area contributed by atoms with Crippen LogP contribution in [0.1, 0.15) is 10.4 Å². The van der Waals surface area contributed by atoms with Crippen molar-refractivity contribution in [3.63, 3.8) is 0 Å². The Morgan fingerprint density at radius 3 is 2.35 bits per heavy atom. The highest BCUT2D eigenvalue weighted by atomic mass is 35.5. The summed E-state index contributed by atoms with van der Waals surface area (Å²) in [7, 11) is 0. The maximum absolute atomic E-state index is 12.3. The molecular weight excluding hydrogens is 272 g/mol. The zero-order valence-electron chi connectivity index (χ0n) is 10.5. The largest absolute Gasteiger partial charge is 0.278 e. The van der Waals surface area contributed by atoms with Crippen molar-refractivity contribution in [2.45, 2.75) is 0 Å². The molecule has 4 heteroatoms. The first-order valence-corrected chi connectivity index (χ1v) is 6.53. The highest BCUT2D eigenvalue weighted by Gasteiger charge is 2.10. The number of hydrogen-bond donors (Lipinski definition) is 0. The molecule has 0 atom stereocenters. The molecule has 3 aromatic rings. The van der Waals surface area contributed by atoms with E-state index in [0.29, 0.717) is 10.6 Å². The molecule has 0 radical (unpaired) electrons. The van der Waals surface area contributed by atoms with Gasteiger partial charge in [-0.3, -0.25) is 4.79 Å². The summed E-state index contributed by atoms with van der Waals surface area (Å²) in [6.07, 6.45) is 1.67. The van der Waals surface area contributed by atoms with Crippen molar-refractivity contribution in [2.75, 3.05) is 0 Å². The fraction of sp³-hybridized carbons (Fsp3) is 0. The molecule has 1 heterocycles. The Morgan fingerprint density at radius 2 is 1.65 bits per heavy atom. The summed E-state index contributed by atoms with van der Waals surface area (Å²) >= 11 is 5.81. The Labute approximate surface area is 121 Å². The second kappa shape index (κ2) is 5.31. The van der Waals surface area contributed by atoms with Crippen LogP contribution >= 0.6 is 11.6 Å². The number of aromatic nitrogens is 2. The third kappa shape index (κ3) is 2.49. The van der Waals surface area contributed by atoms with Crippen LogP contribution in [0.15, 0.2) is 66.9 Å². The Hall–Kier alpha value is -2.39. The number of rotatable bonds is 2. The monoisotopic (exact) mass is 282 g/mol. The minimum Gasteiger partial charge on any atom is -0.267 e. The van der Waals surface area contributed by atoms with Gasteiger partial charge in [0, 0.05) is 22.3 Å². The first kappa shape index (κ1) is 12.6. The van der Waals surface area contributed by atoms with E-state index in [0.717, 1.165) is 11.3 Å². The predicted octanol–water partition coefficient (Wildman–Crippen LogP) is 3.89. The van der Waals surface area contributed by atoms with E-state index in [1.807, 2.05) is 36.4 Å². The average Bonchev–Trinajstić information content (AvgIpc) is 2.98. The fourth-order valence-corrected chi connectivity index (χ4v) is 2.05. The molecule has 0 amide bonds. The number of halogens is 1. The van der Waals surface area contributed by atoms with E-state index in [1.165, 1.54) is 4.68 Å². The van der Waals surface area contributed by atoms with Gasteiger partial charge in [-0.1, -0.05) is 41.9 Å². The summed E-state index contributed by atoms with van der Waals surface area (Å²) in [5.74, 6) is -0.177. The van der Waals surface area contributed by atoms with Gasteiger partial charge in [-0.15, -0.1) is 0 Å². The van der Waals surface area contributed by atoms with Crippen molar-refractivity contribution in [2.24, 2.45) is 0 Å². The van der Waals surface area contributed by atoms with Gasteiger partial charge in [0.2, 0.25) is 0 Å². The smallest absolute Gasteiger partial charge is 0.267 e. The Bertz CT molecular complexity index is 733. The van der Waals surface area contributed by atoms with Crippen molar-refractivity contribution in [1.82, 2.24) is 9.78 Å². The zero-order chi connectivity index (χ0) is 13.9. The molecule has 98 valence electrons. The van der Waals surface area contributed by atoms with E-state index in [1.54, 1.807) is 30.5 Å². The molecule has 0 aliphatic heterocycles. The molecule has 0 fully saturated rings. The van der Waals surface area contributed by atoms with E-state index in [4.69, 9.17) is 11.6 Å². The molecular formula is C16H11ClN2O. The van der Waals surface area contributed by atoms with Gasteiger partial charge < -0.3 is 0 Å². The zero-order valence-corrected chi connectivity index (χ0v) is 11.3. The van der Waals surface area contributed by atoms with E-state index in [-0.39, 0.29) is 5.91 Å². The quantitative estimate of drug-likeness (QED) is 0.715. The van der Waals surface area contributed by atoms with Gasteiger partial charge in [0.15, 0.2) is 0 Å². The first-order valence-electron chi connectivity index (χ1n) is 6.15. The van der Waals surface area contributed by atoms with Crippen LogP contribution in [0.2, 0.25) is 5.02 Å². The average molecular weight is 283 g/mol. The number of benzene rings is 2. The fourth-order valence-electron chi connectivity index (χ4n) is 1.92. The van der Waals surface area contributed by atoms with Crippen LogP contribution in [0.3, 0.4) is 0 Å². The van der Waals surface area contributed by atoms with E-state index in [2.05, 4.69) is 5.10 Å². The Morgan fingerprint density at radius 1 is 0.950 bits per heavy atom. The predicted molar refractivity (Wildman–Crippen MR) is 78.8 cm³/mol. The molecule has 0 aliphatic rings. The molecule has 0 spiro atoms. The minimum absolute atomic E-state index is 0.177. The number of hydrogen-bond acceptors (Lipinski definition) is 2. The normalized spacial score (nSPS) is 10.4. The van der Waals surface area contributed by atoms with Crippen molar-refractivity contribution < 1.29 is 4.79 Å². The lowest BCUT2D eigenvalue weighted by Crippen LogP contribution is -2.12. The maximum atomic E-state index is 12.3. The lowest BCUT2D eigenvalue weighted by molar-refractivity contribution is 0.0945. The Balaban J connectivity index is 1.90. The molecule has 3 nitrogen and oxygen atoms in total. The molecule has 0 aliphatic carbocycles. The number of carbonyl (C=O) groups excluding carboxylic acids is 1. The van der Waals surface area contributed by atoms with Crippen molar-refractivity contribution in [1.29, 1.82) is 0 Å². The van der Waals surface area contributed by atoms with Gasteiger partial charge in [-0.25, -0.2) is 4.68 Å². The molecule has 2 aromatic carbocycles. The van der Waals surface area contributed by atoms with Crippen molar-refractivity contribution >= 4 is 17.5 Å². The molecule has 3 rings (SSSR count). The molecule has 1 aromatic heterocycles. The molecule has 0 unspecified atom stereocenters. The highest BCUT2D eigenvalue weighted by molar-refractivity contribution is 6.30. The first-order chi connectivity index (χ1) is 9.74. The van der Waals surface area contributed by atoms with E-state index < -0.39 is 0 Å². The third-order valence-electron chi connectivity index (χ3n) is 2.96. The Kier molecular flexibility index (Phi) is 3.35. The van der Waals surface area contributed by atoms with Gasteiger partial charge in [0.1, 0.15) is 0 Å². The molecule has 0 saturated carbocycles. The molecule has 0 bridgehead atoms. The summed E-state index contributed by atoms with van der Waals surface area (Å²) in [5, 5.41) is 4.92. The van der Waals surface area contributed by atoms with Crippen LogP contribution in [0.4, 0.5) is 0 Å². The van der Waals surface area contributed by atoms with Crippen LogP contribution in [-0.4, -0.2) is 15.7 Å². The van der Waals surface area contributed by atoms with Gasteiger partial charge in [-0.2, -0.15) is 5.10 Å². The van der Waals surface area contributed by atoms with Gasteiger partial charge in [-0.05, 0) is 30.3 Å². The molecule has 0 saturated heterocycles. The van der Waals surface area contributed by atoms with Crippen LogP contribution in [-0.2, 0) is 0 Å². The summed E-state index contributed by atoms with van der Waals surface area (Å²) in [5.41, 5.74) is 2.31. The van der Waals surface area contributed by atoms with Gasteiger partial charge in [0.25, 0.3) is 5.91 Å². The van der Waals surface area contributed by atoms with Gasteiger partial charge in [0.05, 0.1) is 5.69 Å². The topological polar surface area (TPSA) is 34.9 Å². The SMILES string of the molecule is O=C(c1ccc(Cl)cc1)n1ccc(-c2ccccc2)n1.